The van der Waals surface area contributed by atoms with Gasteiger partial charge in [-0.3, -0.25) is 0 Å². The van der Waals surface area contributed by atoms with E-state index < -0.39 is 0 Å². The Labute approximate surface area is 174 Å². The van der Waals surface area contributed by atoms with E-state index in [2.05, 4.69) is 42.6 Å². The van der Waals surface area contributed by atoms with Gasteiger partial charge in [0, 0.05) is 13.2 Å². The fraction of sp³-hybridized carbons (Fsp3) is 0.864. The number of hydrogen-bond donors (Lipinski definition) is 0. The van der Waals surface area contributed by atoms with Gasteiger partial charge in [0.1, 0.15) is 5.82 Å². The minimum Gasteiger partial charge on any atom is -0.467 e. The first-order valence-corrected chi connectivity index (χ1v) is 11.0. The molecular formula is C22H47N3O3. The van der Waals surface area contributed by atoms with Crippen LogP contribution in [-0.4, -0.2) is 42.4 Å². The van der Waals surface area contributed by atoms with E-state index in [-0.39, 0.29) is 12.0 Å². The number of methoxy groups -OCH3 is 2. The summed E-state index contributed by atoms with van der Waals surface area (Å²) in [6.45, 7) is 16.3. The number of aryl methyl sites for hydroxylation is 1. The van der Waals surface area contributed by atoms with Crippen LogP contribution in [0.25, 0.3) is 0 Å². The molecule has 0 bridgehead atoms. The van der Waals surface area contributed by atoms with Crippen LogP contribution in [0.5, 0.6) is 12.0 Å². The zero-order valence-corrected chi connectivity index (χ0v) is 20.1. The molecule has 1 rings (SSSR count). The van der Waals surface area contributed by atoms with Crippen molar-refractivity contribution >= 4 is 0 Å². The summed E-state index contributed by atoms with van der Waals surface area (Å²) in [6.07, 6.45) is 10.8. The largest absolute Gasteiger partial charge is 0.467 e. The number of aromatic nitrogens is 3. The highest BCUT2D eigenvalue weighted by Gasteiger charge is 2.01. The monoisotopic (exact) mass is 401 g/mol. The summed E-state index contributed by atoms with van der Waals surface area (Å²) in [4.78, 5) is 11.6. The summed E-state index contributed by atoms with van der Waals surface area (Å²) in [5.41, 5.74) is 0. The molecule has 0 aliphatic heterocycles. The Morgan fingerprint density at radius 3 is 1.29 bits per heavy atom. The second-order valence-electron chi connectivity index (χ2n) is 5.88. The summed E-state index contributed by atoms with van der Waals surface area (Å²) < 4.78 is 14.7. The molecule has 0 unspecified atom stereocenters. The van der Waals surface area contributed by atoms with Gasteiger partial charge in [-0.15, -0.1) is 4.98 Å². The van der Waals surface area contributed by atoms with E-state index in [0.717, 1.165) is 26.1 Å². The van der Waals surface area contributed by atoms with E-state index in [1.165, 1.54) is 52.7 Å². The Bertz CT molecular complexity index is 372. The third-order valence-corrected chi connectivity index (χ3v) is 3.23. The SMILES string of the molecule is CC.CCCCCCCC.CCCOCCC.COc1nc(C)nc(OC)n1. The average Bonchev–Trinajstić information content (AvgIpc) is 2.73. The fourth-order valence-electron chi connectivity index (χ4n) is 1.86. The molecule has 168 valence electrons. The number of unbranched alkanes of at least 4 members (excludes halogenated alkanes) is 5. The van der Waals surface area contributed by atoms with Crippen LogP contribution < -0.4 is 9.47 Å². The summed E-state index contributed by atoms with van der Waals surface area (Å²) in [5.74, 6) is 0.578. The fourth-order valence-corrected chi connectivity index (χ4v) is 1.86. The van der Waals surface area contributed by atoms with Crippen LogP contribution in [0, 0.1) is 6.92 Å². The Balaban J connectivity index is -0.000000330. The van der Waals surface area contributed by atoms with Gasteiger partial charge in [-0.05, 0) is 19.8 Å². The number of rotatable bonds is 11. The normalized spacial score (nSPS) is 9.04. The van der Waals surface area contributed by atoms with Crippen molar-refractivity contribution in [3.05, 3.63) is 5.82 Å². The lowest BCUT2D eigenvalue weighted by Crippen LogP contribution is -2.00. The van der Waals surface area contributed by atoms with Crippen LogP contribution in [0.4, 0.5) is 0 Å². The van der Waals surface area contributed by atoms with E-state index in [9.17, 15) is 0 Å². The van der Waals surface area contributed by atoms with Crippen molar-refractivity contribution in [3.63, 3.8) is 0 Å². The molecule has 1 aromatic heterocycles. The first kappa shape index (κ1) is 31.3. The molecule has 0 amide bonds. The third-order valence-electron chi connectivity index (χ3n) is 3.23. The van der Waals surface area contributed by atoms with Crippen LogP contribution in [0.3, 0.4) is 0 Å². The zero-order chi connectivity index (χ0) is 22.0. The smallest absolute Gasteiger partial charge is 0.322 e. The van der Waals surface area contributed by atoms with Crippen molar-refractivity contribution in [2.45, 2.75) is 99.8 Å². The molecule has 28 heavy (non-hydrogen) atoms. The van der Waals surface area contributed by atoms with Crippen molar-refractivity contribution in [1.82, 2.24) is 15.0 Å². The quantitative estimate of drug-likeness (QED) is 0.399. The van der Waals surface area contributed by atoms with Gasteiger partial charge in [0.25, 0.3) is 0 Å². The average molecular weight is 402 g/mol. The lowest BCUT2D eigenvalue weighted by atomic mass is 10.1. The first-order valence-electron chi connectivity index (χ1n) is 11.0. The highest BCUT2D eigenvalue weighted by atomic mass is 16.5. The molecule has 0 saturated carbocycles. The molecule has 0 N–H and O–H groups in total. The Morgan fingerprint density at radius 1 is 0.607 bits per heavy atom. The van der Waals surface area contributed by atoms with Crippen LogP contribution in [-0.2, 0) is 4.74 Å². The van der Waals surface area contributed by atoms with Gasteiger partial charge in [0.2, 0.25) is 0 Å². The highest BCUT2D eigenvalue weighted by Crippen LogP contribution is 2.07. The number of nitrogens with zero attached hydrogens (tertiary/aromatic N) is 3. The molecule has 0 saturated heterocycles. The molecule has 0 radical (unpaired) electrons. The van der Waals surface area contributed by atoms with Crippen LogP contribution in [0.1, 0.15) is 98.7 Å². The van der Waals surface area contributed by atoms with Gasteiger partial charge in [0.15, 0.2) is 0 Å². The van der Waals surface area contributed by atoms with Crippen molar-refractivity contribution in [2.24, 2.45) is 0 Å². The highest BCUT2D eigenvalue weighted by molar-refractivity contribution is 5.03. The van der Waals surface area contributed by atoms with Gasteiger partial charge < -0.3 is 14.2 Å². The number of ether oxygens (including phenoxy) is 3. The molecule has 0 fully saturated rings. The number of hydrogen-bond acceptors (Lipinski definition) is 6. The minimum atomic E-state index is 0.273. The topological polar surface area (TPSA) is 66.4 Å². The Kier molecular flexibility index (Phi) is 31.0. The van der Waals surface area contributed by atoms with Gasteiger partial charge in [-0.2, -0.15) is 9.97 Å². The van der Waals surface area contributed by atoms with Crippen molar-refractivity contribution in [2.75, 3.05) is 27.4 Å². The van der Waals surface area contributed by atoms with Crippen LogP contribution in [0.15, 0.2) is 0 Å². The van der Waals surface area contributed by atoms with E-state index in [1.54, 1.807) is 6.92 Å². The van der Waals surface area contributed by atoms with E-state index in [0.29, 0.717) is 5.82 Å². The maximum absolute atomic E-state index is 5.13. The Hall–Kier alpha value is -1.43. The van der Waals surface area contributed by atoms with Gasteiger partial charge >= 0.3 is 12.0 Å². The second kappa shape index (κ2) is 27.8. The standard InChI is InChI=1S/C8H18.C6H9N3O2.C6H14O.C2H6/c1-3-5-7-8-6-4-2;1-4-7-5(10-2)9-6(8-4)11-3;1-3-5-7-6-4-2;1-2/h3-8H2,1-2H3;1-3H3;3-6H2,1-2H3;1-2H3. The maximum Gasteiger partial charge on any atom is 0.322 e. The lowest BCUT2D eigenvalue weighted by Gasteiger charge is -2.00. The molecule has 0 aliphatic carbocycles. The van der Waals surface area contributed by atoms with E-state index in [4.69, 9.17) is 14.2 Å². The summed E-state index contributed by atoms with van der Waals surface area (Å²) in [7, 11) is 2.99. The Morgan fingerprint density at radius 2 is 1.00 bits per heavy atom. The van der Waals surface area contributed by atoms with E-state index in [1.807, 2.05) is 13.8 Å². The summed E-state index contributed by atoms with van der Waals surface area (Å²) >= 11 is 0. The zero-order valence-electron chi connectivity index (χ0n) is 20.1. The minimum absolute atomic E-state index is 0.273. The molecule has 1 aromatic rings. The predicted molar refractivity (Wildman–Crippen MR) is 119 cm³/mol. The van der Waals surface area contributed by atoms with Crippen molar-refractivity contribution in [1.29, 1.82) is 0 Å². The van der Waals surface area contributed by atoms with Gasteiger partial charge in [0.05, 0.1) is 14.2 Å². The third kappa shape index (κ3) is 24.6. The molecular weight excluding hydrogens is 354 g/mol. The molecule has 1 heterocycles. The second-order valence-corrected chi connectivity index (χ2v) is 5.88. The van der Waals surface area contributed by atoms with Crippen LogP contribution >= 0.6 is 0 Å². The molecule has 6 nitrogen and oxygen atoms in total. The van der Waals surface area contributed by atoms with Gasteiger partial charge in [-0.1, -0.05) is 80.1 Å². The van der Waals surface area contributed by atoms with Crippen molar-refractivity contribution in [3.8, 4) is 12.0 Å². The summed E-state index contributed by atoms with van der Waals surface area (Å²) in [5, 5.41) is 0. The molecule has 0 atom stereocenters. The molecule has 6 heteroatoms. The maximum atomic E-state index is 5.13. The molecule has 0 aliphatic rings. The van der Waals surface area contributed by atoms with Gasteiger partial charge in [-0.25, -0.2) is 0 Å². The lowest BCUT2D eigenvalue weighted by molar-refractivity contribution is 0.135. The summed E-state index contributed by atoms with van der Waals surface area (Å²) in [6, 6.07) is 0.545. The predicted octanol–water partition coefficient (Wildman–Crippen LogP) is 6.41. The van der Waals surface area contributed by atoms with Crippen LogP contribution in [0.2, 0.25) is 0 Å². The van der Waals surface area contributed by atoms with Crippen molar-refractivity contribution < 1.29 is 14.2 Å². The van der Waals surface area contributed by atoms with E-state index >= 15 is 0 Å². The molecule has 0 aromatic carbocycles. The first-order chi connectivity index (χ1) is 13.6. The molecule has 0 spiro atoms.